The van der Waals surface area contributed by atoms with Gasteiger partial charge >= 0.3 is 5.97 Å². The number of halogens is 1. The summed E-state index contributed by atoms with van der Waals surface area (Å²) in [6.07, 6.45) is 1.63. The van der Waals surface area contributed by atoms with Crippen LogP contribution in [0.3, 0.4) is 0 Å². The lowest BCUT2D eigenvalue weighted by Crippen LogP contribution is -2.28. The zero-order valence-electron chi connectivity index (χ0n) is 16.7. The first-order chi connectivity index (χ1) is 14.8. The van der Waals surface area contributed by atoms with Crippen molar-refractivity contribution in [2.24, 2.45) is 0 Å². The van der Waals surface area contributed by atoms with Crippen LogP contribution in [0.2, 0.25) is 5.02 Å². The quantitative estimate of drug-likeness (QED) is 0.514. The van der Waals surface area contributed by atoms with E-state index in [9.17, 15) is 13.2 Å². The van der Waals surface area contributed by atoms with Crippen molar-refractivity contribution in [3.8, 4) is 11.4 Å². The highest BCUT2D eigenvalue weighted by molar-refractivity contribution is 7.89. The number of aromatic nitrogens is 2. The second kappa shape index (κ2) is 8.78. The van der Waals surface area contributed by atoms with Crippen LogP contribution in [0.1, 0.15) is 34.7 Å². The molecular weight excluding hydrogens is 442 g/mol. The van der Waals surface area contributed by atoms with Crippen LogP contribution >= 0.6 is 11.6 Å². The van der Waals surface area contributed by atoms with E-state index in [0.717, 1.165) is 24.0 Å². The minimum Gasteiger partial charge on any atom is -0.452 e. The fourth-order valence-corrected chi connectivity index (χ4v) is 4.98. The number of hydrogen-bond donors (Lipinski definition) is 0. The lowest BCUT2D eigenvalue weighted by molar-refractivity contribution is 0.0429. The maximum Gasteiger partial charge on any atom is 0.340 e. The van der Waals surface area contributed by atoms with Crippen LogP contribution in [-0.2, 0) is 21.4 Å². The van der Waals surface area contributed by atoms with Crippen molar-refractivity contribution in [1.82, 2.24) is 14.4 Å². The molecule has 1 fully saturated rings. The summed E-state index contributed by atoms with van der Waals surface area (Å²) in [4.78, 5) is 16.8. The summed E-state index contributed by atoms with van der Waals surface area (Å²) in [6.45, 7) is 2.63. The van der Waals surface area contributed by atoms with Crippen molar-refractivity contribution < 1.29 is 22.5 Å². The summed E-state index contributed by atoms with van der Waals surface area (Å²) in [5.41, 5.74) is 1.84. The van der Waals surface area contributed by atoms with Gasteiger partial charge in [0.2, 0.25) is 15.8 Å². The van der Waals surface area contributed by atoms with Crippen molar-refractivity contribution >= 4 is 27.6 Å². The highest BCUT2D eigenvalue weighted by Gasteiger charge is 2.28. The molecule has 0 bridgehead atoms. The number of nitrogens with zero attached hydrogens (tertiary/aromatic N) is 3. The van der Waals surface area contributed by atoms with Crippen LogP contribution in [0.25, 0.3) is 11.4 Å². The molecular formula is C21H20ClN3O5S. The Morgan fingerprint density at radius 3 is 2.58 bits per heavy atom. The lowest BCUT2D eigenvalue weighted by Gasteiger charge is -2.16. The number of carbonyl (C=O) groups excluding carboxylic acids is 1. The number of hydrogen-bond acceptors (Lipinski definition) is 7. The predicted molar refractivity (Wildman–Crippen MR) is 113 cm³/mol. The van der Waals surface area contributed by atoms with Gasteiger partial charge in [-0.05, 0) is 38.0 Å². The number of esters is 1. The summed E-state index contributed by atoms with van der Waals surface area (Å²) < 4.78 is 37.3. The van der Waals surface area contributed by atoms with Crippen LogP contribution in [-0.4, -0.2) is 41.9 Å². The molecule has 0 amide bonds. The number of sulfonamides is 1. The minimum absolute atomic E-state index is 0.00481. The number of rotatable bonds is 6. The summed E-state index contributed by atoms with van der Waals surface area (Å²) in [5.74, 6) is -0.290. The molecule has 0 saturated carbocycles. The molecule has 31 heavy (non-hydrogen) atoms. The Morgan fingerprint density at radius 2 is 1.87 bits per heavy atom. The fraction of sp³-hybridized carbons (Fsp3) is 0.286. The van der Waals surface area contributed by atoms with Gasteiger partial charge in [-0.2, -0.15) is 9.29 Å². The van der Waals surface area contributed by atoms with Crippen molar-refractivity contribution in [2.45, 2.75) is 31.3 Å². The molecule has 0 radical (unpaired) electrons. The van der Waals surface area contributed by atoms with Crippen LogP contribution in [0.4, 0.5) is 0 Å². The van der Waals surface area contributed by atoms with Crippen molar-refractivity contribution in [2.75, 3.05) is 13.1 Å². The maximum absolute atomic E-state index is 12.8. The van der Waals surface area contributed by atoms with E-state index in [2.05, 4.69) is 10.1 Å². The van der Waals surface area contributed by atoms with E-state index in [1.807, 2.05) is 31.2 Å². The molecule has 162 valence electrons. The van der Waals surface area contributed by atoms with Gasteiger partial charge in [-0.25, -0.2) is 13.2 Å². The van der Waals surface area contributed by atoms with Gasteiger partial charge in [-0.1, -0.05) is 46.6 Å². The molecule has 1 aromatic heterocycles. The van der Waals surface area contributed by atoms with Gasteiger partial charge < -0.3 is 9.26 Å². The second-order valence-corrected chi connectivity index (χ2v) is 9.55. The molecule has 1 aliphatic rings. The van der Waals surface area contributed by atoms with Gasteiger partial charge in [0, 0.05) is 18.7 Å². The molecule has 0 atom stereocenters. The summed E-state index contributed by atoms with van der Waals surface area (Å²) in [6, 6.07) is 11.6. The van der Waals surface area contributed by atoms with Crippen molar-refractivity contribution in [3.63, 3.8) is 0 Å². The standard InChI is InChI=1S/C21H20ClN3O5S/c1-14-4-6-15(7-5-14)20-23-19(30-24-20)13-29-21(26)17-12-16(8-9-18(17)22)31(27,28)25-10-2-3-11-25/h4-9,12H,2-3,10-11,13H2,1H3. The van der Waals surface area contributed by atoms with Crippen LogP contribution < -0.4 is 0 Å². The van der Waals surface area contributed by atoms with E-state index in [0.29, 0.717) is 18.9 Å². The van der Waals surface area contributed by atoms with Gasteiger partial charge in [-0.3, -0.25) is 0 Å². The first-order valence-electron chi connectivity index (χ1n) is 9.71. The smallest absolute Gasteiger partial charge is 0.340 e. The SMILES string of the molecule is Cc1ccc(-c2noc(COC(=O)c3cc(S(=O)(=O)N4CCCC4)ccc3Cl)n2)cc1. The highest BCUT2D eigenvalue weighted by atomic mass is 35.5. The van der Waals surface area contributed by atoms with E-state index >= 15 is 0 Å². The Morgan fingerprint density at radius 1 is 1.16 bits per heavy atom. The number of aryl methyl sites for hydroxylation is 1. The third-order valence-corrected chi connectivity index (χ3v) is 7.19. The van der Waals surface area contributed by atoms with Crippen LogP contribution in [0.15, 0.2) is 51.9 Å². The summed E-state index contributed by atoms with van der Waals surface area (Å²) in [7, 11) is -3.68. The first kappa shape index (κ1) is 21.5. The van der Waals surface area contributed by atoms with Crippen LogP contribution in [0, 0.1) is 6.92 Å². The topological polar surface area (TPSA) is 103 Å². The molecule has 2 heterocycles. The van der Waals surface area contributed by atoms with Crippen LogP contribution in [0.5, 0.6) is 0 Å². The predicted octanol–water partition coefficient (Wildman–Crippen LogP) is 3.84. The van der Waals surface area contributed by atoms with Gasteiger partial charge in [0.25, 0.3) is 5.89 Å². The monoisotopic (exact) mass is 461 g/mol. The third-order valence-electron chi connectivity index (χ3n) is 4.97. The maximum atomic E-state index is 12.8. The fourth-order valence-electron chi connectivity index (χ4n) is 3.24. The molecule has 0 N–H and O–H groups in total. The van der Waals surface area contributed by atoms with E-state index in [-0.39, 0.29) is 28.0 Å². The molecule has 8 nitrogen and oxygen atoms in total. The molecule has 1 aliphatic heterocycles. The Kier molecular flexibility index (Phi) is 6.08. The van der Waals surface area contributed by atoms with Gasteiger partial charge in [0.15, 0.2) is 6.61 Å². The summed E-state index contributed by atoms with van der Waals surface area (Å²) >= 11 is 6.12. The molecule has 0 unspecified atom stereocenters. The van der Waals surface area contributed by atoms with E-state index < -0.39 is 16.0 Å². The number of benzene rings is 2. The molecule has 4 rings (SSSR count). The Hall–Kier alpha value is -2.75. The van der Waals surface area contributed by atoms with E-state index in [1.54, 1.807) is 0 Å². The highest BCUT2D eigenvalue weighted by Crippen LogP contribution is 2.26. The van der Waals surface area contributed by atoms with E-state index in [4.69, 9.17) is 20.9 Å². The molecule has 10 heteroatoms. The first-order valence-corrected chi connectivity index (χ1v) is 11.5. The van der Waals surface area contributed by atoms with E-state index in [1.165, 1.54) is 22.5 Å². The average Bonchev–Trinajstić information content (AvgIpc) is 3.45. The number of ether oxygens (including phenoxy) is 1. The number of carbonyl (C=O) groups is 1. The Labute approximate surface area is 184 Å². The zero-order chi connectivity index (χ0) is 22.0. The lowest BCUT2D eigenvalue weighted by atomic mass is 10.1. The molecule has 2 aromatic carbocycles. The molecule has 3 aromatic rings. The normalized spacial score (nSPS) is 14.6. The van der Waals surface area contributed by atoms with Crippen molar-refractivity contribution in [3.05, 3.63) is 64.5 Å². The molecule has 1 saturated heterocycles. The molecule has 0 aliphatic carbocycles. The third kappa shape index (κ3) is 4.63. The largest absolute Gasteiger partial charge is 0.452 e. The molecule has 0 spiro atoms. The minimum atomic E-state index is -3.68. The van der Waals surface area contributed by atoms with Gasteiger partial charge in [-0.15, -0.1) is 0 Å². The second-order valence-electron chi connectivity index (χ2n) is 7.21. The van der Waals surface area contributed by atoms with Gasteiger partial charge in [0.1, 0.15) is 0 Å². The zero-order valence-corrected chi connectivity index (χ0v) is 18.3. The van der Waals surface area contributed by atoms with Crippen molar-refractivity contribution in [1.29, 1.82) is 0 Å². The average molecular weight is 462 g/mol. The Balaban J connectivity index is 1.47. The summed E-state index contributed by atoms with van der Waals surface area (Å²) in [5, 5.41) is 3.98. The van der Waals surface area contributed by atoms with Gasteiger partial charge in [0.05, 0.1) is 15.5 Å². The Bertz CT molecular complexity index is 1200.